The molecule has 1 aliphatic rings. The summed E-state index contributed by atoms with van der Waals surface area (Å²) < 4.78 is 6.97. The molecule has 0 spiro atoms. The molecule has 3 aromatic heterocycles. The van der Waals surface area contributed by atoms with Crippen LogP contribution in [0.15, 0.2) is 45.5 Å². The largest absolute Gasteiger partial charge is 0.467 e. The molecule has 1 fully saturated rings. The Bertz CT molecular complexity index is 816. The molecule has 0 aliphatic carbocycles. The number of thiophene rings is 1. The molecule has 1 aliphatic heterocycles. The van der Waals surface area contributed by atoms with E-state index in [0.29, 0.717) is 17.5 Å². The fraction of sp³-hybridized carbons (Fsp3) is 0.375. The summed E-state index contributed by atoms with van der Waals surface area (Å²) in [4.78, 5) is 15.9. The molecule has 7 nitrogen and oxygen atoms in total. The zero-order valence-electron chi connectivity index (χ0n) is 13.4. The lowest BCUT2D eigenvalue weighted by molar-refractivity contribution is -0.129. The van der Waals surface area contributed by atoms with E-state index < -0.39 is 0 Å². The minimum atomic E-state index is 0.133. The number of nitrogens with zero attached hydrogens (tertiary/aromatic N) is 5. The van der Waals surface area contributed by atoms with Gasteiger partial charge in [-0.05, 0) is 46.8 Å². The fourth-order valence-electron chi connectivity index (χ4n) is 3.00. The first-order valence-corrected chi connectivity index (χ1v) is 9.92. The summed E-state index contributed by atoms with van der Waals surface area (Å²) in [5.41, 5.74) is 0. The van der Waals surface area contributed by atoms with Gasteiger partial charge in [0.2, 0.25) is 11.1 Å². The Morgan fingerprint density at radius 2 is 2.36 bits per heavy atom. The summed E-state index contributed by atoms with van der Waals surface area (Å²) in [5, 5.41) is 14.4. The number of thioether (sulfide) groups is 1. The molecule has 0 saturated carbocycles. The molecule has 1 amide bonds. The molecule has 1 atom stereocenters. The Hall–Kier alpha value is -2.13. The maximum atomic E-state index is 12.7. The van der Waals surface area contributed by atoms with Gasteiger partial charge in [-0.25, -0.2) is 4.68 Å². The van der Waals surface area contributed by atoms with Gasteiger partial charge in [-0.1, -0.05) is 17.8 Å². The lowest BCUT2D eigenvalue weighted by Gasteiger charge is -2.23. The number of furan rings is 1. The lowest BCUT2D eigenvalue weighted by atomic mass is 10.2. The van der Waals surface area contributed by atoms with Gasteiger partial charge in [-0.2, -0.15) is 0 Å². The highest BCUT2D eigenvalue weighted by atomic mass is 32.2. The first kappa shape index (κ1) is 16.3. The molecule has 0 N–H and O–H groups in total. The van der Waals surface area contributed by atoms with Crippen LogP contribution in [0.2, 0.25) is 0 Å². The summed E-state index contributed by atoms with van der Waals surface area (Å²) in [5.74, 6) is 1.24. The molecule has 130 valence electrons. The van der Waals surface area contributed by atoms with E-state index in [0.717, 1.165) is 25.1 Å². The number of rotatable bonds is 6. The average Bonchev–Trinajstić information content (AvgIpc) is 3.39. The summed E-state index contributed by atoms with van der Waals surface area (Å²) >= 11 is 3.08. The molecular weight excluding hydrogens is 358 g/mol. The number of carbonyl (C=O) groups is 1. The van der Waals surface area contributed by atoms with Crippen molar-refractivity contribution < 1.29 is 9.21 Å². The van der Waals surface area contributed by atoms with Crippen LogP contribution in [0.1, 0.15) is 29.5 Å². The third-order valence-electron chi connectivity index (χ3n) is 4.15. The van der Waals surface area contributed by atoms with E-state index >= 15 is 0 Å². The van der Waals surface area contributed by atoms with Gasteiger partial charge in [0.05, 0.1) is 18.1 Å². The summed E-state index contributed by atoms with van der Waals surface area (Å²) in [6, 6.07) is 8.06. The normalized spacial score (nSPS) is 17.3. The van der Waals surface area contributed by atoms with Gasteiger partial charge >= 0.3 is 0 Å². The van der Waals surface area contributed by atoms with Crippen molar-refractivity contribution in [2.24, 2.45) is 0 Å². The van der Waals surface area contributed by atoms with Crippen LogP contribution < -0.4 is 0 Å². The number of amides is 1. The second-order valence-electron chi connectivity index (χ2n) is 5.75. The van der Waals surface area contributed by atoms with Gasteiger partial charge in [0.1, 0.15) is 12.3 Å². The van der Waals surface area contributed by atoms with E-state index in [2.05, 4.69) is 27.0 Å². The number of hydrogen-bond acceptors (Lipinski definition) is 7. The Morgan fingerprint density at radius 1 is 1.40 bits per heavy atom. The summed E-state index contributed by atoms with van der Waals surface area (Å²) in [6.07, 6.45) is 3.70. The topological polar surface area (TPSA) is 77.0 Å². The van der Waals surface area contributed by atoms with E-state index in [1.807, 2.05) is 23.1 Å². The van der Waals surface area contributed by atoms with Crippen LogP contribution in [0.5, 0.6) is 0 Å². The maximum absolute atomic E-state index is 12.7. The Labute approximate surface area is 153 Å². The van der Waals surface area contributed by atoms with Gasteiger partial charge in [-0.15, -0.1) is 16.4 Å². The molecule has 0 bridgehead atoms. The van der Waals surface area contributed by atoms with Gasteiger partial charge < -0.3 is 9.32 Å². The lowest BCUT2D eigenvalue weighted by Crippen LogP contribution is -2.31. The van der Waals surface area contributed by atoms with E-state index in [1.54, 1.807) is 22.3 Å². The van der Waals surface area contributed by atoms with Crippen molar-refractivity contribution in [3.63, 3.8) is 0 Å². The fourth-order valence-corrected chi connectivity index (χ4v) is 4.64. The number of hydrogen-bond donors (Lipinski definition) is 0. The van der Waals surface area contributed by atoms with Crippen molar-refractivity contribution >= 4 is 29.0 Å². The van der Waals surface area contributed by atoms with Gasteiger partial charge in [0.25, 0.3) is 0 Å². The number of aromatic nitrogens is 4. The second-order valence-corrected chi connectivity index (χ2v) is 7.67. The van der Waals surface area contributed by atoms with Crippen LogP contribution in [0.25, 0.3) is 0 Å². The Balaban J connectivity index is 1.38. The Morgan fingerprint density at radius 3 is 3.16 bits per heavy atom. The maximum Gasteiger partial charge on any atom is 0.233 e. The van der Waals surface area contributed by atoms with Gasteiger partial charge in [0.15, 0.2) is 0 Å². The van der Waals surface area contributed by atoms with E-state index in [4.69, 9.17) is 4.42 Å². The predicted molar refractivity (Wildman–Crippen MR) is 94.4 cm³/mol. The Kier molecular flexibility index (Phi) is 4.84. The number of carbonyl (C=O) groups excluding carboxylic acids is 1. The van der Waals surface area contributed by atoms with Crippen LogP contribution >= 0.6 is 23.1 Å². The van der Waals surface area contributed by atoms with Crippen molar-refractivity contribution in [3.05, 3.63) is 46.5 Å². The van der Waals surface area contributed by atoms with Crippen LogP contribution in [0, 0.1) is 0 Å². The van der Waals surface area contributed by atoms with Crippen molar-refractivity contribution in [3.8, 4) is 0 Å². The molecule has 0 aromatic carbocycles. The highest BCUT2D eigenvalue weighted by Crippen LogP contribution is 2.35. The first-order chi connectivity index (χ1) is 12.3. The third-order valence-corrected chi connectivity index (χ3v) is 6.07. The average molecular weight is 375 g/mol. The third kappa shape index (κ3) is 3.62. The van der Waals surface area contributed by atoms with Crippen molar-refractivity contribution in [1.29, 1.82) is 0 Å². The van der Waals surface area contributed by atoms with Crippen LogP contribution in [0.3, 0.4) is 0 Å². The zero-order valence-corrected chi connectivity index (χ0v) is 15.1. The molecule has 0 radical (unpaired) electrons. The van der Waals surface area contributed by atoms with Gasteiger partial charge in [0, 0.05) is 11.4 Å². The predicted octanol–water partition coefficient (Wildman–Crippen LogP) is 2.83. The highest BCUT2D eigenvalue weighted by Gasteiger charge is 2.30. The molecule has 3 aromatic rings. The monoisotopic (exact) mass is 375 g/mol. The number of tetrazole rings is 1. The van der Waals surface area contributed by atoms with Gasteiger partial charge in [-0.3, -0.25) is 4.79 Å². The molecule has 25 heavy (non-hydrogen) atoms. The van der Waals surface area contributed by atoms with Crippen molar-refractivity contribution in [1.82, 2.24) is 25.1 Å². The molecule has 1 saturated heterocycles. The van der Waals surface area contributed by atoms with E-state index in [1.165, 1.54) is 16.6 Å². The zero-order chi connectivity index (χ0) is 17.1. The minimum Gasteiger partial charge on any atom is -0.467 e. The van der Waals surface area contributed by atoms with E-state index in [9.17, 15) is 4.79 Å². The SMILES string of the molecule is O=C(CSc1nnnn1Cc1ccco1)N1CCCC1c1cccs1. The quantitative estimate of drug-likeness (QED) is 0.617. The number of likely N-dealkylation sites (tertiary alicyclic amines) is 1. The standard InChI is InChI=1S/C16H17N5O2S2/c22-15(20-7-1-5-13(20)14-6-3-9-24-14)11-25-16-17-18-19-21(16)10-12-4-2-8-23-12/h2-4,6,8-9,13H,1,5,7,10-11H2. The second kappa shape index (κ2) is 7.40. The molecule has 4 rings (SSSR count). The van der Waals surface area contributed by atoms with Crippen LogP contribution in [-0.4, -0.2) is 43.3 Å². The summed E-state index contributed by atoms with van der Waals surface area (Å²) in [6.45, 7) is 1.28. The van der Waals surface area contributed by atoms with Crippen molar-refractivity contribution in [2.45, 2.75) is 30.6 Å². The van der Waals surface area contributed by atoms with Crippen LogP contribution in [-0.2, 0) is 11.3 Å². The molecule has 9 heteroatoms. The molecule has 4 heterocycles. The smallest absolute Gasteiger partial charge is 0.233 e. The summed E-state index contributed by atoms with van der Waals surface area (Å²) in [7, 11) is 0. The highest BCUT2D eigenvalue weighted by molar-refractivity contribution is 7.99. The van der Waals surface area contributed by atoms with Crippen LogP contribution in [0.4, 0.5) is 0 Å². The molecule has 1 unspecified atom stereocenters. The molecular formula is C16H17N5O2S2. The minimum absolute atomic E-state index is 0.133. The van der Waals surface area contributed by atoms with Crippen molar-refractivity contribution in [2.75, 3.05) is 12.3 Å². The first-order valence-electron chi connectivity index (χ1n) is 8.05. The van der Waals surface area contributed by atoms with E-state index in [-0.39, 0.29) is 11.9 Å².